The first-order chi connectivity index (χ1) is 17.7. The van der Waals surface area contributed by atoms with Crippen LogP contribution in [0.2, 0.25) is 0 Å². The topological polar surface area (TPSA) is 104 Å². The number of nitrogens with one attached hydrogen (secondary N) is 1. The maximum Gasteiger partial charge on any atom is 0.150 e. The highest BCUT2D eigenvalue weighted by molar-refractivity contribution is 5.91. The van der Waals surface area contributed by atoms with Crippen molar-refractivity contribution in [3.05, 3.63) is 78.0 Å². The van der Waals surface area contributed by atoms with Gasteiger partial charge in [0.2, 0.25) is 0 Å². The summed E-state index contributed by atoms with van der Waals surface area (Å²) >= 11 is 0. The lowest BCUT2D eigenvalue weighted by Gasteiger charge is -2.09. The fourth-order valence-corrected chi connectivity index (χ4v) is 5.01. The molecule has 182 valence electrons. The molecule has 0 unspecified atom stereocenters. The zero-order chi connectivity index (χ0) is 24.5. The van der Waals surface area contributed by atoms with Crippen LogP contribution < -0.4 is 11.1 Å². The zero-order valence-corrected chi connectivity index (χ0v) is 20.3. The van der Waals surface area contributed by atoms with Gasteiger partial charge in [-0.3, -0.25) is 9.55 Å². The lowest BCUT2D eigenvalue weighted by Crippen LogP contribution is -2.00. The molecule has 0 amide bonds. The smallest absolute Gasteiger partial charge is 0.150 e. The first kappa shape index (κ1) is 22.4. The van der Waals surface area contributed by atoms with Crippen LogP contribution in [0.4, 0.5) is 11.6 Å². The number of nitrogens with two attached hydrogens (primary N) is 1. The summed E-state index contributed by atoms with van der Waals surface area (Å²) in [6.45, 7) is 3.70. The molecule has 1 aromatic carbocycles. The molecular weight excluding hydrogens is 450 g/mol. The second-order valence-electron chi connectivity index (χ2n) is 9.22. The molecule has 4 aromatic heterocycles. The Morgan fingerprint density at radius 1 is 1.08 bits per heavy atom. The Balaban J connectivity index is 1.28. The summed E-state index contributed by atoms with van der Waals surface area (Å²) in [6, 6.07) is 12.8. The molecule has 0 bridgehead atoms. The van der Waals surface area contributed by atoms with Crippen LogP contribution in [-0.4, -0.2) is 37.7 Å². The van der Waals surface area contributed by atoms with Gasteiger partial charge in [0, 0.05) is 36.5 Å². The van der Waals surface area contributed by atoms with E-state index in [1.54, 1.807) is 0 Å². The Morgan fingerprint density at radius 3 is 2.83 bits per heavy atom. The monoisotopic (exact) mass is 479 g/mol. The Hall–Kier alpha value is -4.04. The third-order valence-electron chi connectivity index (χ3n) is 6.79. The van der Waals surface area contributed by atoms with Crippen LogP contribution in [0, 0.1) is 0 Å². The fraction of sp³-hybridized carbons (Fsp3) is 0.286. The van der Waals surface area contributed by atoms with E-state index in [0.29, 0.717) is 5.82 Å². The van der Waals surface area contributed by atoms with E-state index in [4.69, 9.17) is 15.5 Å². The van der Waals surface area contributed by atoms with Gasteiger partial charge in [0.1, 0.15) is 23.6 Å². The Kier molecular flexibility index (Phi) is 5.95. The number of nitrogen functional groups attached to an aromatic ring is 1. The van der Waals surface area contributed by atoms with Gasteiger partial charge in [-0.2, -0.15) is 0 Å². The predicted molar refractivity (Wildman–Crippen MR) is 142 cm³/mol. The highest BCUT2D eigenvalue weighted by atomic mass is 16.5. The molecule has 6 rings (SSSR count). The van der Waals surface area contributed by atoms with E-state index in [1.165, 1.54) is 11.9 Å². The number of hydrogen-bond donors (Lipinski definition) is 2. The van der Waals surface area contributed by atoms with Gasteiger partial charge in [0.05, 0.1) is 28.9 Å². The molecule has 0 aliphatic carbocycles. The summed E-state index contributed by atoms with van der Waals surface area (Å²) in [4.78, 5) is 18.1. The minimum atomic E-state index is 0.0211. The maximum atomic E-state index is 6.28. The van der Waals surface area contributed by atoms with Gasteiger partial charge in [-0.05, 0) is 68.0 Å². The van der Waals surface area contributed by atoms with Crippen molar-refractivity contribution in [2.45, 2.75) is 38.7 Å². The third-order valence-corrected chi connectivity index (χ3v) is 6.79. The van der Waals surface area contributed by atoms with E-state index in [0.717, 1.165) is 83.4 Å². The van der Waals surface area contributed by atoms with Crippen molar-refractivity contribution in [1.29, 1.82) is 0 Å². The molecule has 0 spiro atoms. The molecule has 5 heterocycles. The van der Waals surface area contributed by atoms with Crippen LogP contribution >= 0.6 is 0 Å². The minimum absolute atomic E-state index is 0.0211. The van der Waals surface area contributed by atoms with E-state index in [-0.39, 0.29) is 6.10 Å². The molecule has 1 aliphatic rings. The van der Waals surface area contributed by atoms with Gasteiger partial charge in [-0.1, -0.05) is 12.1 Å². The Labute approximate surface area is 209 Å². The molecule has 5 aromatic rings. The summed E-state index contributed by atoms with van der Waals surface area (Å²) in [5.74, 6) is 1.39. The number of aromatic nitrogens is 5. The number of benzene rings is 1. The van der Waals surface area contributed by atoms with Gasteiger partial charge >= 0.3 is 0 Å². The minimum Gasteiger partial charge on any atom is -0.383 e. The van der Waals surface area contributed by atoms with E-state index in [2.05, 4.69) is 68.3 Å². The van der Waals surface area contributed by atoms with Crippen molar-refractivity contribution in [3.8, 4) is 5.69 Å². The SMILES string of the molecule is CCNc1ccc2ccc(CCc3cncc(-n4cc([C@@H]5CCCO5)c5c(N)ncnc54)c3)cc2n1. The lowest BCUT2D eigenvalue weighted by molar-refractivity contribution is 0.113. The number of anilines is 2. The molecule has 0 saturated carbocycles. The summed E-state index contributed by atoms with van der Waals surface area (Å²) in [7, 11) is 0. The molecule has 36 heavy (non-hydrogen) atoms. The first-order valence-electron chi connectivity index (χ1n) is 12.5. The molecule has 1 fully saturated rings. The molecule has 8 heteroatoms. The molecule has 3 N–H and O–H groups in total. The number of nitrogens with zero attached hydrogens (tertiary/aromatic N) is 5. The van der Waals surface area contributed by atoms with Crippen molar-refractivity contribution in [2.24, 2.45) is 0 Å². The van der Waals surface area contributed by atoms with Crippen molar-refractivity contribution >= 4 is 33.6 Å². The summed E-state index contributed by atoms with van der Waals surface area (Å²) < 4.78 is 8.02. The summed E-state index contributed by atoms with van der Waals surface area (Å²) in [5.41, 5.74) is 12.5. The van der Waals surface area contributed by atoms with Crippen LogP contribution in [0.3, 0.4) is 0 Å². The van der Waals surface area contributed by atoms with Crippen LogP contribution in [0.25, 0.3) is 27.6 Å². The normalized spacial score (nSPS) is 15.6. The van der Waals surface area contributed by atoms with Crippen molar-refractivity contribution in [2.75, 3.05) is 24.2 Å². The van der Waals surface area contributed by atoms with E-state index in [1.807, 2.05) is 18.5 Å². The van der Waals surface area contributed by atoms with Gasteiger partial charge in [0.25, 0.3) is 0 Å². The van der Waals surface area contributed by atoms with Crippen LogP contribution in [0.1, 0.15) is 42.6 Å². The summed E-state index contributed by atoms with van der Waals surface area (Å²) in [5, 5.41) is 5.30. The standard InChI is InChI=1S/C28H29N7O/c1-2-31-25-10-9-20-8-7-18(13-23(20)34-25)5-6-19-12-21(15-30-14-19)35-16-22(24-4-3-11-36-24)26-27(29)32-17-33-28(26)35/h7-10,12-17,24H,2-6,11H2,1H3,(H,31,34)(H2,29,32,33)/t24-/m0/s1. The molecular formula is C28H29N7O. The van der Waals surface area contributed by atoms with Crippen molar-refractivity contribution in [3.63, 3.8) is 0 Å². The molecule has 1 atom stereocenters. The van der Waals surface area contributed by atoms with Crippen LogP contribution in [0.5, 0.6) is 0 Å². The number of fused-ring (bicyclic) bond motifs is 2. The van der Waals surface area contributed by atoms with Gasteiger partial charge in [0.15, 0.2) is 0 Å². The van der Waals surface area contributed by atoms with Crippen molar-refractivity contribution in [1.82, 2.24) is 24.5 Å². The molecule has 8 nitrogen and oxygen atoms in total. The Morgan fingerprint density at radius 2 is 1.97 bits per heavy atom. The van der Waals surface area contributed by atoms with E-state index < -0.39 is 0 Å². The fourth-order valence-electron chi connectivity index (χ4n) is 5.01. The average molecular weight is 480 g/mol. The zero-order valence-electron chi connectivity index (χ0n) is 20.3. The second kappa shape index (κ2) is 9.54. The lowest BCUT2D eigenvalue weighted by atomic mass is 10.0. The number of rotatable bonds is 7. The Bertz CT molecular complexity index is 1540. The van der Waals surface area contributed by atoms with E-state index >= 15 is 0 Å². The highest BCUT2D eigenvalue weighted by Gasteiger charge is 2.25. The van der Waals surface area contributed by atoms with Crippen LogP contribution in [-0.2, 0) is 17.6 Å². The summed E-state index contributed by atoms with van der Waals surface area (Å²) in [6.07, 6.45) is 11.2. The van der Waals surface area contributed by atoms with Crippen LogP contribution in [0.15, 0.2) is 61.3 Å². The molecule has 1 saturated heterocycles. The van der Waals surface area contributed by atoms with Gasteiger partial charge < -0.3 is 15.8 Å². The number of ether oxygens (including phenoxy) is 1. The highest BCUT2D eigenvalue weighted by Crippen LogP contribution is 2.37. The second-order valence-corrected chi connectivity index (χ2v) is 9.22. The average Bonchev–Trinajstić information content (AvgIpc) is 3.57. The van der Waals surface area contributed by atoms with E-state index in [9.17, 15) is 0 Å². The van der Waals surface area contributed by atoms with Gasteiger partial charge in [-0.25, -0.2) is 15.0 Å². The van der Waals surface area contributed by atoms with Gasteiger partial charge in [-0.15, -0.1) is 0 Å². The number of hydrogen-bond acceptors (Lipinski definition) is 7. The predicted octanol–water partition coefficient (Wildman–Crippen LogP) is 5.01. The number of aryl methyl sites for hydroxylation is 2. The molecule has 0 radical (unpaired) electrons. The molecule has 1 aliphatic heterocycles. The third kappa shape index (κ3) is 4.24. The quantitative estimate of drug-likeness (QED) is 0.338. The first-order valence-corrected chi connectivity index (χ1v) is 12.5. The van der Waals surface area contributed by atoms with Crippen molar-refractivity contribution < 1.29 is 4.74 Å². The number of pyridine rings is 2. The maximum absolute atomic E-state index is 6.28. The largest absolute Gasteiger partial charge is 0.383 e.